The second-order valence-corrected chi connectivity index (χ2v) is 7.56. The Labute approximate surface area is 177 Å². The molecule has 2 aromatic rings. The molecule has 0 aromatic heterocycles. The Morgan fingerprint density at radius 2 is 1.73 bits per heavy atom. The van der Waals surface area contributed by atoms with Crippen LogP contribution in [0.4, 0.5) is 0 Å². The van der Waals surface area contributed by atoms with Crippen molar-refractivity contribution >= 4 is 11.9 Å². The molecule has 0 fully saturated rings. The van der Waals surface area contributed by atoms with Gasteiger partial charge in [-0.1, -0.05) is 37.3 Å². The van der Waals surface area contributed by atoms with Crippen molar-refractivity contribution in [2.45, 2.75) is 38.1 Å². The molecule has 2 atom stereocenters. The molecule has 1 aliphatic rings. The lowest BCUT2D eigenvalue weighted by Crippen LogP contribution is -2.41. The molecule has 0 spiro atoms. The van der Waals surface area contributed by atoms with E-state index in [0.29, 0.717) is 30.9 Å². The van der Waals surface area contributed by atoms with Crippen molar-refractivity contribution in [2.24, 2.45) is 0 Å². The highest BCUT2D eigenvalue weighted by molar-refractivity contribution is 5.80. The molecule has 30 heavy (non-hydrogen) atoms. The zero-order valence-corrected chi connectivity index (χ0v) is 18.0. The normalized spacial score (nSPS) is 16.4. The number of esters is 1. The van der Waals surface area contributed by atoms with Crippen molar-refractivity contribution < 1.29 is 23.8 Å². The van der Waals surface area contributed by atoms with E-state index < -0.39 is 6.04 Å². The zero-order chi connectivity index (χ0) is 21.7. The third-order valence-corrected chi connectivity index (χ3v) is 5.76. The molecule has 1 aliphatic heterocycles. The van der Waals surface area contributed by atoms with Gasteiger partial charge in [0.05, 0.1) is 33.8 Å². The summed E-state index contributed by atoms with van der Waals surface area (Å²) in [4.78, 5) is 27.2. The van der Waals surface area contributed by atoms with Crippen LogP contribution in [0.2, 0.25) is 0 Å². The molecule has 2 unspecified atom stereocenters. The Morgan fingerprint density at radius 1 is 1.07 bits per heavy atom. The minimum Gasteiger partial charge on any atom is -0.493 e. The molecular formula is C24H29NO5. The van der Waals surface area contributed by atoms with Crippen LogP contribution >= 0.6 is 0 Å². The summed E-state index contributed by atoms with van der Waals surface area (Å²) in [5.74, 6) is 0.991. The maximum absolute atomic E-state index is 13.3. The Balaban J connectivity index is 1.90. The Morgan fingerprint density at radius 3 is 2.37 bits per heavy atom. The minimum absolute atomic E-state index is 0.0284. The lowest BCUT2D eigenvalue weighted by molar-refractivity contribution is -0.144. The molecule has 1 heterocycles. The zero-order valence-electron chi connectivity index (χ0n) is 18.0. The van der Waals surface area contributed by atoms with Gasteiger partial charge < -0.3 is 19.1 Å². The van der Waals surface area contributed by atoms with Gasteiger partial charge in [-0.2, -0.15) is 0 Å². The molecule has 0 saturated heterocycles. The third-order valence-electron chi connectivity index (χ3n) is 5.76. The van der Waals surface area contributed by atoms with E-state index in [2.05, 4.69) is 0 Å². The maximum atomic E-state index is 13.3. The van der Waals surface area contributed by atoms with Crippen LogP contribution < -0.4 is 9.47 Å². The first-order valence-electron chi connectivity index (χ1n) is 10.1. The third kappa shape index (κ3) is 4.58. The number of carbonyl (C=O) groups is 2. The molecular weight excluding hydrogens is 382 g/mol. The lowest BCUT2D eigenvalue weighted by atomic mass is 9.88. The number of carbonyl (C=O) groups excluding carboxylic acids is 2. The summed E-state index contributed by atoms with van der Waals surface area (Å²) in [6.07, 6.45) is 1.17. The van der Waals surface area contributed by atoms with Crippen molar-refractivity contribution in [3.8, 4) is 11.5 Å². The van der Waals surface area contributed by atoms with Crippen LogP contribution in [0.25, 0.3) is 0 Å². The number of benzene rings is 2. The van der Waals surface area contributed by atoms with E-state index in [1.165, 1.54) is 7.11 Å². The van der Waals surface area contributed by atoms with Gasteiger partial charge in [0, 0.05) is 13.0 Å². The number of rotatable bonds is 7. The van der Waals surface area contributed by atoms with E-state index >= 15 is 0 Å². The first kappa shape index (κ1) is 21.7. The standard InChI is InChI=1S/C24H29NO5/c1-16(17-8-6-5-7-9-17)12-23(26)25-11-10-18-13-21(28-2)22(29-3)14-19(18)20(25)15-24(27)30-4/h5-9,13-14,16,20H,10-12,15H2,1-4H3. The first-order valence-corrected chi connectivity index (χ1v) is 10.1. The molecule has 0 aliphatic carbocycles. The smallest absolute Gasteiger partial charge is 0.307 e. The largest absolute Gasteiger partial charge is 0.493 e. The summed E-state index contributed by atoms with van der Waals surface area (Å²) >= 11 is 0. The summed E-state index contributed by atoms with van der Waals surface area (Å²) in [7, 11) is 4.54. The van der Waals surface area contributed by atoms with Crippen LogP contribution in [-0.4, -0.2) is 44.7 Å². The predicted octanol–water partition coefficient (Wildman–Crippen LogP) is 3.89. The van der Waals surface area contributed by atoms with Gasteiger partial charge in [-0.05, 0) is 41.2 Å². The lowest BCUT2D eigenvalue weighted by Gasteiger charge is -2.38. The monoisotopic (exact) mass is 411 g/mol. The van der Waals surface area contributed by atoms with Gasteiger partial charge >= 0.3 is 5.97 Å². The van der Waals surface area contributed by atoms with Crippen molar-refractivity contribution in [2.75, 3.05) is 27.9 Å². The highest BCUT2D eigenvalue weighted by Gasteiger charge is 2.34. The predicted molar refractivity (Wildman–Crippen MR) is 114 cm³/mol. The van der Waals surface area contributed by atoms with Gasteiger partial charge in [-0.15, -0.1) is 0 Å². The number of fused-ring (bicyclic) bond motifs is 1. The van der Waals surface area contributed by atoms with Gasteiger partial charge in [-0.3, -0.25) is 9.59 Å². The van der Waals surface area contributed by atoms with Gasteiger partial charge in [0.2, 0.25) is 5.91 Å². The first-order chi connectivity index (χ1) is 14.5. The number of hydrogen-bond acceptors (Lipinski definition) is 5. The van der Waals surface area contributed by atoms with Crippen molar-refractivity contribution in [1.29, 1.82) is 0 Å². The Bertz CT molecular complexity index is 896. The van der Waals surface area contributed by atoms with E-state index in [-0.39, 0.29) is 24.2 Å². The quantitative estimate of drug-likeness (QED) is 0.647. The molecule has 2 aromatic carbocycles. The SMILES string of the molecule is COC(=O)CC1c2cc(OC)c(OC)cc2CCN1C(=O)CC(C)c1ccccc1. The average Bonchev–Trinajstić information content (AvgIpc) is 2.78. The van der Waals surface area contributed by atoms with Gasteiger partial charge in [0.25, 0.3) is 0 Å². The molecule has 3 rings (SSSR count). The van der Waals surface area contributed by atoms with E-state index in [4.69, 9.17) is 14.2 Å². The fourth-order valence-corrected chi connectivity index (χ4v) is 4.07. The minimum atomic E-state index is -0.392. The number of amides is 1. The van der Waals surface area contributed by atoms with Crippen LogP contribution in [0.3, 0.4) is 0 Å². The molecule has 1 amide bonds. The molecule has 0 N–H and O–H groups in total. The van der Waals surface area contributed by atoms with E-state index in [1.54, 1.807) is 14.2 Å². The van der Waals surface area contributed by atoms with Crippen molar-refractivity contribution in [1.82, 2.24) is 4.90 Å². The molecule has 6 heteroatoms. The van der Waals surface area contributed by atoms with Crippen molar-refractivity contribution in [3.05, 3.63) is 59.2 Å². The Hall–Kier alpha value is -3.02. The summed E-state index contributed by atoms with van der Waals surface area (Å²) in [5, 5.41) is 0. The summed E-state index contributed by atoms with van der Waals surface area (Å²) in [6, 6.07) is 13.4. The molecule has 6 nitrogen and oxygen atoms in total. The van der Waals surface area contributed by atoms with Crippen LogP contribution in [0.5, 0.6) is 11.5 Å². The topological polar surface area (TPSA) is 65.1 Å². The summed E-state index contributed by atoms with van der Waals surface area (Å²) in [6.45, 7) is 2.60. The fraction of sp³-hybridized carbons (Fsp3) is 0.417. The molecule has 160 valence electrons. The van der Waals surface area contributed by atoms with Gasteiger partial charge in [0.15, 0.2) is 11.5 Å². The highest BCUT2D eigenvalue weighted by atomic mass is 16.5. The number of ether oxygens (including phenoxy) is 3. The number of hydrogen-bond donors (Lipinski definition) is 0. The molecule has 0 bridgehead atoms. The maximum Gasteiger partial charge on any atom is 0.307 e. The van der Waals surface area contributed by atoms with Crippen LogP contribution in [0.15, 0.2) is 42.5 Å². The number of nitrogens with zero attached hydrogens (tertiary/aromatic N) is 1. The van der Waals surface area contributed by atoms with Crippen LogP contribution in [0.1, 0.15) is 48.4 Å². The van der Waals surface area contributed by atoms with Crippen LogP contribution in [0, 0.1) is 0 Å². The fourth-order valence-electron chi connectivity index (χ4n) is 4.07. The average molecular weight is 411 g/mol. The second-order valence-electron chi connectivity index (χ2n) is 7.56. The van der Waals surface area contributed by atoms with E-state index in [9.17, 15) is 9.59 Å². The molecule has 0 saturated carbocycles. The molecule has 0 radical (unpaired) electrons. The summed E-state index contributed by atoms with van der Waals surface area (Å²) < 4.78 is 15.8. The highest BCUT2D eigenvalue weighted by Crippen LogP contribution is 2.40. The van der Waals surface area contributed by atoms with E-state index in [1.807, 2.05) is 54.3 Å². The second kappa shape index (κ2) is 9.65. The Kier molecular flexibility index (Phi) is 6.98. The van der Waals surface area contributed by atoms with Crippen molar-refractivity contribution in [3.63, 3.8) is 0 Å². The summed E-state index contributed by atoms with van der Waals surface area (Å²) in [5.41, 5.74) is 3.09. The number of methoxy groups -OCH3 is 3. The van der Waals surface area contributed by atoms with Crippen LogP contribution in [-0.2, 0) is 20.7 Å². The van der Waals surface area contributed by atoms with E-state index in [0.717, 1.165) is 16.7 Å². The van der Waals surface area contributed by atoms with Gasteiger partial charge in [0.1, 0.15) is 0 Å². The van der Waals surface area contributed by atoms with Gasteiger partial charge in [-0.25, -0.2) is 0 Å².